The van der Waals surface area contributed by atoms with E-state index in [9.17, 15) is 47.8 Å². The lowest BCUT2D eigenvalue weighted by Crippen LogP contribution is -2.50. The number of nitro groups is 2. The Bertz CT molecular complexity index is 2470. The van der Waals surface area contributed by atoms with E-state index in [0.717, 1.165) is 117 Å². The number of likely N-dealkylation sites (N-methyl/N-ethyl adjacent to an activating group) is 3. The Morgan fingerprint density at radius 3 is 1.24 bits per heavy atom. The predicted molar refractivity (Wildman–Crippen MR) is 309 cm³/mol. The van der Waals surface area contributed by atoms with Gasteiger partial charge in [-0.15, -0.1) is 17.0 Å². The van der Waals surface area contributed by atoms with E-state index in [1.807, 2.05) is 21.7 Å². The number of pyridine rings is 3. The van der Waals surface area contributed by atoms with Crippen LogP contribution in [0.5, 0.6) is 0 Å². The number of hydrogen-bond donors (Lipinski definition) is 1. The van der Waals surface area contributed by atoms with Gasteiger partial charge in [0, 0.05) is 122 Å². The van der Waals surface area contributed by atoms with Gasteiger partial charge in [-0.1, -0.05) is 26.7 Å². The maximum absolute atomic E-state index is 14.2. The molecule has 3 aromatic rings. The number of rotatable bonds is 7. The average molecular weight is 1360 g/mol. The number of amides is 3. The van der Waals surface area contributed by atoms with E-state index in [-0.39, 0.29) is 73.1 Å². The Morgan fingerprint density at radius 1 is 0.526 bits per heavy atom. The Morgan fingerprint density at radius 2 is 0.872 bits per heavy atom. The lowest BCUT2D eigenvalue weighted by atomic mass is 9.88. The molecular weight excluding hydrogens is 1290 g/mol. The van der Waals surface area contributed by atoms with Crippen molar-refractivity contribution in [2.24, 2.45) is 17.8 Å². The second kappa shape index (κ2) is 31.6. The van der Waals surface area contributed by atoms with E-state index in [0.29, 0.717) is 62.2 Å². The maximum atomic E-state index is 14.2. The highest BCUT2D eigenvalue weighted by Crippen LogP contribution is 2.39. The fraction of sp³-hybridized carbons (Fsp3) is 0.640. The summed E-state index contributed by atoms with van der Waals surface area (Å²) < 4.78 is 40.7. The van der Waals surface area contributed by atoms with E-state index >= 15 is 0 Å². The van der Waals surface area contributed by atoms with Crippen LogP contribution in [-0.4, -0.2) is 198 Å². The molecule has 5 aliphatic heterocycles. The first kappa shape index (κ1) is 66.2. The van der Waals surface area contributed by atoms with E-state index in [2.05, 4.69) is 96.4 Å². The molecule has 1 aliphatic carbocycles. The molecule has 8 heterocycles. The van der Waals surface area contributed by atoms with E-state index in [4.69, 9.17) is 5.73 Å². The summed E-state index contributed by atoms with van der Waals surface area (Å²) >= 11 is 8.61. The summed E-state index contributed by atoms with van der Waals surface area (Å²) in [4.78, 5) is 84.9. The highest BCUT2D eigenvalue weighted by Gasteiger charge is 2.36. The Balaban J connectivity index is 0.000000231. The molecular formula is C50H73Br4F3N14O7. The van der Waals surface area contributed by atoms with Crippen molar-refractivity contribution in [3.63, 3.8) is 0 Å². The van der Waals surface area contributed by atoms with Gasteiger partial charge in [-0.05, 0) is 107 Å². The number of carbonyl (C=O) groups is 3. The minimum Gasteiger partial charge on any atom is -0.396 e. The molecule has 0 atom stereocenters. The summed E-state index contributed by atoms with van der Waals surface area (Å²) in [5, 5.41) is 21.7. The zero-order valence-corrected chi connectivity index (χ0v) is 50.1. The average Bonchev–Trinajstić information content (AvgIpc) is 3.43. The molecule has 0 spiro atoms. The van der Waals surface area contributed by atoms with E-state index in [1.165, 1.54) is 31.7 Å². The van der Waals surface area contributed by atoms with Gasteiger partial charge < -0.3 is 44.9 Å². The Labute approximate surface area is 490 Å². The van der Waals surface area contributed by atoms with Crippen molar-refractivity contribution >= 4 is 111 Å². The number of nitrogen functional groups attached to an aromatic ring is 1. The molecule has 0 unspecified atom stereocenters. The number of piperazine rings is 3. The van der Waals surface area contributed by atoms with Gasteiger partial charge in [0.05, 0.1) is 46.0 Å². The number of nitrogens with two attached hydrogens (primary N) is 1. The number of hydrogen-bond acceptors (Lipinski definition) is 16. The molecule has 3 aromatic heterocycles. The van der Waals surface area contributed by atoms with Crippen LogP contribution in [0.4, 0.5) is 41.6 Å². The van der Waals surface area contributed by atoms with Crippen molar-refractivity contribution in [1.82, 2.24) is 44.4 Å². The number of halogens is 7. The molecule has 0 aromatic carbocycles. The van der Waals surface area contributed by atoms with Crippen LogP contribution >= 0.6 is 64.8 Å². The van der Waals surface area contributed by atoms with Crippen molar-refractivity contribution in [3.8, 4) is 0 Å². The fourth-order valence-electron chi connectivity index (χ4n) is 10.2. The minimum atomic E-state index is -0.759. The van der Waals surface area contributed by atoms with E-state index in [1.54, 1.807) is 4.90 Å². The van der Waals surface area contributed by atoms with Crippen LogP contribution in [0.3, 0.4) is 0 Å². The summed E-state index contributed by atoms with van der Waals surface area (Å²) in [6.45, 7) is 12.7. The minimum absolute atomic E-state index is 0. The first-order chi connectivity index (χ1) is 36.2. The van der Waals surface area contributed by atoms with Crippen LogP contribution in [0.15, 0.2) is 38.5 Å². The number of nitrogens with zero attached hydrogens (tertiary/aromatic N) is 13. The molecule has 2 N–H and O–H groups in total. The lowest BCUT2D eigenvalue weighted by molar-refractivity contribution is -0.387. The fourth-order valence-corrected chi connectivity index (χ4v) is 11.8. The van der Waals surface area contributed by atoms with Gasteiger partial charge in [0.2, 0.25) is 17.7 Å². The summed E-state index contributed by atoms with van der Waals surface area (Å²) in [6.07, 6.45) is 13.2. The van der Waals surface area contributed by atoms with Crippen LogP contribution in [0.2, 0.25) is 0 Å². The second-order valence-corrected chi connectivity index (χ2v) is 22.3. The molecule has 5 saturated heterocycles. The van der Waals surface area contributed by atoms with Crippen molar-refractivity contribution in [1.29, 1.82) is 0 Å². The molecule has 434 valence electrons. The zero-order chi connectivity index (χ0) is 55.2. The molecule has 1 saturated carbocycles. The number of piperidine rings is 2. The quantitative estimate of drug-likeness (QED) is 0.135. The van der Waals surface area contributed by atoms with Crippen molar-refractivity contribution in [3.05, 3.63) is 76.1 Å². The first-order valence-electron chi connectivity index (χ1n) is 25.7. The standard InChI is InChI=1S/C16H21BrFN5O3.C16H24FN5O.C12H22N2O.C5HBr2FN2O2.CH4.BrH/c1-20-6-8-22(9-7-20)16(24)11-2-4-21(5-3-11)13-12(18)10-19-15(17)14(13)23(25)26;1-20-6-8-22(9-7-20)16(23)12-2-4-21(5-3-12)15-13(17)10-19-11-14(15)18;1-13-7-9-14(10-8-13)12(15)11-5-3-2-4-6-11;6-3-2(8)1-9-5(7)4(3)10(11)12;;/h10-11H,2-9H2,1H3;10-12H,2-9,18H2,1H3;11H,2-10H2,1H3;1H;1H4;1H. The van der Waals surface area contributed by atoms with Crippen LogP contribution in [0, 0.1) is 55.4 Å². The van der Waals surface area contributed by atoms with Gasteiger partial charge in [-0.2, -0.15) is 0 Å². The van der Waals surface area contributed by atoms with Crippen molar-refractivity contribution < 1.29 is 37.4 Å². The van der Waals surface area contributed by atoms with Crippen LogP contribution in [-0.2, 0) is 14.4 Å². The van der Waals surface area contributed by atoms with Gasteiger partial charge in [-0.25, -0.2) is 23.1 Å². The monoisotopic (exact) mass is 1350 g/mol. The Hall–Kier alpha value is -4.35. The van der Waals surface area contributed by atoms with Crippen LogP contribution in [0.1, 0.15) is 65.2 Å². The van der Waals surface area contributed by atoms with E-state index < -0.39 is 33.0 Å². The van der Waals surface area contributed by atoms with Gasteiger partial charge in [0.15, 0.2) is 32.3 Å². The largest absolute Gasteiger partial charge is 0.396 e. The molecule has 6 fully saturated rings. The number of aromatic nitrogens is 3. The highest BCUT2D eigenvalue weighted by molar-refractivity contribution is 9.11. The topological polar surface area (TPSA) is 228 Å². The zero-order valence-electron chi connectivity index (χ0n) is 43.6. The SMILES string of the molecule is Br.C.CN1CCN(C(=O)C2CCCCC2)CC1.CN1CCN(C(=O)C2CCN(c3c(F)cnc(Br)c3[N+](=O)[O-])CC2)CC1.CN1CCN(C(=O)C2CCN(c3c(N)cncc3F)CC2)CC1.O=[N+]([O-])c1c(Br)ncc(F)c1Br. The van der Waals surface area contributed by atoms with Crippen LogP contribution < -0.4 is 15.5 Å². The third-order valence-electron chi connectivity index (χ3n) is 14.8. The number of anilines is 3. The molecule has 21 nitrogen and oxygen atoms in total. The summed E-state index contributed by atoms with van der Waals surface area (Å²) in [5.41, 5.74) is 5.80. The summed E-state index contributed by atoms with van der Waals surface area (Å²) in [5.74, 6) is -0.764. The molecule has 0 radical (unpaired) electrons. The second-order valence-electron chi connectivity index (χ2n) is 20.0. The summed E-state index contributed by atoms with van der Waals surface area (Å²) in [6, 6.07) is 0. The molecule has 9 rings (SSSR count). The Kier molecular flexibility index (Phi) is 26.8. The molecule has 0 bridgehead atoms. The molecule has 6 aliphatic rings. The summed E-state index contributed by atoms with van der Waals surface area (Å²) in [7, 11) is 6.24. The molecule has 78 heavy (non-hydrogen) atoms. The normalized spacial score (nSPS) is 19.1. The first-order valence-corrected chi connectivity index (χ1v) is 28.1. The smallest absolute Gasteiger partial charge is 0.328 e. The molecule has 28 heteroatoms. The van der Waals surface area contributed by atoms with Crippen LogP contribution in [0.25, 0.3) is 0 Å². The molecule has 3 amide bonds. The van der Waals surface area contributed by atoms with Crippen molar-refractivity contribution in [2.45, 2.75) is 65.2 Å². The van der Waals surface area contributed by atoms with Gasteiger partial charge in [0.1, 0.15) is 4.47 Å². The third kappa shape index (κ3) is 17.8. The third-order valence-corrected chi connectivity index (χ3v) is 16.7. The van der Waals surface area contributed by atoms with Gasteiger partial charge in [-0.3, -0.25) is 39.6 Å². The van der Waals surface area contributed by atoms with Crippen molar-refractivity contribution in [2.75, 3.05) is 141 Å². The number of carbonyl (C=O) groups excluding carboxylic acids is 3. The lowest BCUT2D eigenvalue weighted by Gasteiger charge is -2.38. The predicted octanol–water partition coefficient (Wildman–Crippen LogP) is 7.88. The van der Waals surface area contributed by atoms with Gasteiger partial charge in [0.25, 0.3) is 0 Å². The van der Waals surface area contributed by atoms with Gasteiger partial charge >= 0.3 is 11.4 Å². The maximum Gasteiger partial charge on any atom is 0.328 e. The highest BCUT2D eigenvalue weighted by atomic mass is 79.9.